The Morgan fingerprint density at radius 2 is 1.30 bits per heavy atom. The summed E-state index contributed by atoms with van der Waals surface area (Å²) in [7, 11) is -4.17. The van der Waals surface area contributed by atoms with Crippen LogP contribution in [0.4, 0.5) is 0 Å². The first-order chi connectivity index (χ1) is 3.73. The zero-order chi connectivity index (χ0) is 8.08. The summed E-state index contributed by atoms with van der Waals surface area (Å²) in [5, 5.41) is 16.9. The van der Waals surface area contributed by atoms with E-state index in [9.17, 15) is 0 Å². The van der Waals surface area contributed by atoms with Crippen molar-refractivity contribution in [1.82, 2.24) is 0 Å². The summed E-state index contributed by atoms with van der Waals surface area (Å²) in [5.74, 6) is 0. The van der Waals surface area contributed by atoms with Crippen LogP contribution in [0.15, 0.2) is 0 Å². The summed E-state index contributed by atoms with van der Waals surface area (Å²) in [6, 6.07) is 0. The molecular weight excluding hydrogens is 179 g/mol. The Balaban J connectivity index is -0.0000000910. The van der Waals surface area contributed by atoms with Crippen molar-refractivity contribution < 1.29 is 52.8 Å². The first kappa shape index (κ1) is 16.6. The molecule has 0 unspecified atom stereocenters. The van der Waals surface area contributed by atoms with E-state index in [-0.39, 0.29) is 29.6 Å². The van der Waals surface area contributed by atoms with Gasteiger partial charge in [-0.3, -0.25) is 5.14 Å². The molecule has 0 saturated carbocycles. The molecule has 0 atom stereocenters. The fourth-order valence-electron chi connectivity index (χ4n) is 0. The molecule has 0 aromatic heterocycles. The SMILES string of the molecule is O=[N+]([O-])[O-].[NH3+]S(=O)(=O)[O-].[Na+]. The third kappa shape index (κ3) is 82300. The van der Waals surface area contributed by atoms with Gasteiger partial charge in [0, 0.05) is 0 Å². The van der Waals surface area contributed by atoms with Crippen LogP contribution in [0.3, 0.4) is 0 Å². The molecule has 0 radical (unpaired) electrons. The summed E-state index contributed by atoms with van der Waals surface area (Å²) in [4.78, 5) is 8.25. The molecular formula is H3N2NaO6S. The molecule has 0 spiro atoms. The second kappa shape index (κ2) is 7.18. The maximum atomic E-state index is 8.97. The third-order valence-electron chi connectivity index (χ3n) is 0. The molecule has 0 aliphatic heterocycles. The molecule has 0 saturated heterocycles. The fourth-order valence-corrected chi connectivity index (χ4v) is 0. The Labute approximate surface area is 78.3 Å². The average Bonchev–Trinajstić information content (AvgIpc) is 1.19. The van der Waals surface area contributed by atoms with Gasteiger partial charge >= 0.3 is 29.6 Å². The van der Waals surface area contributed by atoms with E-state index in [0.717, 1.165) is 0 Å². The zero-order valence-corrected chi connectivity index (χ0v) is 7.83. The van der Waals surface area contributed by atoms with Gasteiger partial charge in [-0.2, -0.15) is 8.42 Å². The molecule has 0 aromatic carbocycles. The number of hydrogen-bond acceptors (Lipinski definition) is 6. The minimum Gasteiger partial charge on any atom is -0.702 e. The molecule has 0 aromatic rings. The van der Waals surface area contributed by atoms with Crippen molar-refractivity contribution >= 4 is 10.3 Å². The number of nitrogens with zero attached hydrogens (tertiary/aromatic N) is 1. The summed E-state index contributed by atoms with van der Waals surface area (Å²) >= 11 is 0. The molecule has 10 heavy (non-hydrogen) atoms. The molecule has 3 N–H and O–H groups in total. The van der Waals surface area contributed by atoms with Crippen LogP contribution in [-0.4, -0.2) is 18.1 Å². The largest absolute Gasteiger partial charge is 1.00 e. The van der Waals surface area contributed by atoms with Gasteiger partial charge in [0.25, 0.3) is 0 Å². The Kier molecular flexibility index (Phi) is 11.9. The van der Waals surface area contributed by atoms with Gasteiger partial charge < -0.3 is 19.9 Å². The van der Waals surface area contributed by atoms with E-state index in [4.69, 9.17) is 28.3 Å². The molecule has 0 aliphatic carbocycles. The Hall–Kier alpha value is 0.0700. The normalized spacial score (nSPS) is 8.20. The van der Waals surface area contributed by atoms with Gasteiger partial charge in [-0.1, -0.05) is 0 Å². The monoisotopic (exact) mass is 182 g/mol. The standard InChI is InChI=1S/H3NO3S.NO3.Na/c1-5(2,3)4;2-1(3)4;/h(H3,1,2,3,4);;/q;-1;+1. The van der Waals surface area contributed by atoms with Crippen molar-refractivity contribution in [3.05, 3.63) is 15.3 Å². The minimum atomic E-state index is -4.17. The van der Waals surface area contributed by atoms with E-state index in [1.165, 1.54) is 0 Å². The van der Waals surface area contributed by atoms with Gasteiger partial charge in [0.05, 0.1) is 5.09 Å². The van der Waals surface area contributed by atoms with Crippen molar-refractivity contribution in [1.29, 1.82) is 0 Å². The summed E-state index contributed by atoms with van der Waals surface area (Å²) in [6.45, 7) is 0. The Morgan fingerprint density at radius 3 is 1.30 bits per heavy atom. The van der Waals surface area contributed by atoms with E-state index in [1.54, 1.807) is 0 Å². The van der Waals surface area contributed by atoms with Gasteiger partial charge in [-0.15, -0.1) is 0 Å². The fraction of sp³-hybridized carbons (Fsp3) is 0. The number of hydrogen-bond donors (Lipinski definition) is 1. The summed E-state index contributed by atoms with van der Waals surface area (Å²) in [5.41, 5.74) is 0. The van der Waals surface area contributed by atoms with Crippen LogP contribution in [0, 0.1) is 15.3 Å². The van der Waals surface area contributed by atoms with Crippen molar-refractivity contribution in [3.8, 4) is 0 Å². The summed E-state index contributed by atoms with van der Waals surface area (Å²) < 4.78 is 26.9. The third-order valence-corrected chi connectivity index (χ3v) is 0. The van der Waals surface area contributed by atoms with Crippen LogP contribution in [0.5, 0.6) is 0 Å². The molecule has 0 fully saturated rings. The van der Waals surface area contributed by atoms with Gasteiger partial charge in [-0.25, -0.2) is 0 Å². The molecule has 8 nitrogen and oxygen atoms in total. The second-order valence-corrected chi connectivity index (χ2v) is 1.90. The second-order valence-electron chi connectivity index (χ2n) is 0.781. The Bertz CT molecular complexity index is 158. The van der Waals surface area contributed by atoms with Crippen LogP contribution >= 0.6 is 0 Å². The zero-order valence-electron chi connectivity index (χ0n) is 5.01. The van der Waals surface area contributed by atoms with Gasteiger partial charge in [0.15, 0.2) is 0 Å². The first-order valence-corrected chi connectivity index (χ1v) is 2.91. The van der Waals surface area contributed by atoms with Crippen LogP contribution in [-0.2, 0) is 10.3 Å². The maximum Gasteiger partial charge on any atom is 1.00 e. The molecule has 0 heterocycles. The van der Waals surface area contributed by atoms with Crippen molar-refractivity contribution in [2.75, 3.05) is 0 Å². The van der Waals surface area contributed by atoms with Crippen LogP contribution in [0.1, 0.15) is 0 Å². The van der Waals surface area contributed by atoms with Gasteiger partial charge in [0.1, 0.15) is 0 Å². The number of rotatable bonds is 0. The van der Waals surface area contributed by atoms with E-state index in [1.807, 2.05) is 0 Å². The minimum absolute atomic E-state index is 0. The van der Waals surface area contributed by atoms with Gasteiger partial charge in [0.2, 0.25) is 10.3 Å². The average molecular weight is 182 g/mol. The predicted molar refractivity (Wildman–Crippen MR) is 22.9 cm³/mol. The van der Waals surface area contributed by atoms with E-state index in [2.05, 4.69) is 5.14 Å². The molecule has 10 heteroatoms. The topological polar surface area (TPSA) is 151 Å². The maximum absolute atomic E-state index is 8.97. The smallest absolute Gasteiger partial charge is 0.702 e. The van der Waals surface area contributed by atoms with E-state index >= 15 is 0 Å². The molecule has 0 rings (SSSR count). The molecule has 0 amide bonds. The van der Waals surface area contributed by atoms with Crippen molar-refractivity contribution in [2.24, 2.45) is 0 Å². The molecule has 0 aliphatic rings. The van der Waals surface area contributed by atoms with Crippen molar-refractivity contribution in [2.45, 2.75) is 0 Å². The summed E-state index contributed by atoms with van der Waals surface area (Å²) in [6.07, 6.45) is 0. The quantitative estimate of drug-likeness (QED) is 0.171. The number of quaternary nitrogens is 1. The first-order valence-electron chi connectivity index (χ1n) is 1.34. The van der Waals surface area contributed by atoms with E-state index in [0.29, 0.717) is 0 Å². The van der Waals surface area contributed by atoms with Crippen molar-refractivity contribution in [3.63, 3.8) is 0 Å². The van der Waals surface area contributed by atoms with Crippen LogP contribution in [0.2, 0.25) is 0 Å². The molecule has 0 bridgehead atoms. The Morgan fingerprint density at radius 1 is 1.30 bits per heavy atom. The van der Waals surface area contributed by atoms with Crippen LogP contribution < -0.4 is 34.7 Å². The van der Waals surface area contributed by atoms with E-state index < -0.39 is 15.4 Å². The predicted octanol–water partition coefficient (Wildman–Crippen LogP) is -5.55. The molecule has 56 valence electrons. The van der Waals surface area contributed by atoms with Crippen LogP contribution in [0.25, 0.3) is 0 Å². The van der Waals surface area contributed by atoms with Gasteiger partial charge in [-0.05, 0) is 0 Å².